The van der Waals surface area contributed by atoms with Gasteiger partial charge >= 0.3 is 0 Å². The summed E-state index contributed by atoms with van der Waals surface area (Å²) in [5.74, 6) is 0.999. The van der Waals surface area contributed by atoms with E-state index in [9.17, 15) is 9.50 Å². The molecule has 3 fully saturated rings. The lowest BCUT2D eigenvalue weighted by atomic mass is 9.75. The third-order valence-electron chi connectivity index (χ3n) is 5.66. The predicted molar refractivity (Wildman–Crippen MR) is 77.4 cm³/mol. The van der Waals surface area contributed by atoms with Crippen LogP contribution in [0, 0.1) is 23.6 Å². The smallest absolute Gasteiger partial charge is 0.123 e. The molecule has 0 radical (unpaired) electrons. The van der Waals surface area contributed by atoms with E-state index in [0.717, 1.165) is 31.2 Å². The van der Waals surface area contributed by atoms with Crippen molar-refractivity contribution in [2.75, 3.05) is 0 Å². The third kappa shape index (κ3) is 2.38. The maximum atomic E-state index is 13.0. The lowest BCUT2D eigenvalue weighted by molar-refractivity contribution is 0.0598. The molecule has 1 aromatic rings. The molecule has 0 aromatic heterocycles. The van der Waals surface area contributed by atoms with Crippen molar-refractivity contribution in [1.82, 2.24) is 16.4 Å². The highest BCUT2D eigenvalue weighted by Crippen LogP contribution is 2.46. The lowest BCUT2D eigenvalue weighted by Gasteiger charge is -2.35. The Morgan fingerprint density at radius 2 is 1.90 bits per heavy atom. The molecule has 1 heterocycles. The Bertz CT molecular complexity index is 509. The Labute approximate surface area is 124 Å². The van der Waals surface area contributed by atoms with Crippen molar-refractivity contribution in [3.63, 3.8) is 0 Å². The number of halogens is 1. The van der Waals surface area contributed by atoms with Crippen molar-refractivity contribution in [2.45, 2.75) is 43.9 Å². The fraction of sp³-hybridized carbons (Fsp3) is 0.625. The van der Waals surface area contributed by atoms with Crippen LogP contribution in [0.25, 0.3) is 0 Å². The molecule has 0 amide bonds. The maximum absolute atomic E-state index is 13.0. The van der Waals surface area contributed by atoms with E-state index >= 15 is 0 Å². The van der Waals surface area contributed by atoms with E-state index in [1.165, 1.54) is 12.1 Å². The van der Waals surface area contributed by atoms with Gasteiger partial charge in [0.25, 0.3) is 0 Å². The van der Waals surface area contributed by atoms with Crippen molar-refractivity contribution in [3.05, 3.63) is 35.6 Å². The fourth-order valence-electron chi connectivity index (χ4n) is 4.63. The predicted octanol–water partition coefficient (Wildman–Crippen LogP) is 1.12. The molecular formula is C16H22FN3O. The van der Waals surface area contributed by atoms with Gasteiger partial charge in [0.15, 0.2) is 0 Å². The number of hydrogen-bond donors (Lipinski definition) is 4. The zero-order valence-electron chi connectivity index (χ0n) is 11.9. The summed E-state index contributed by atoms with van der Waals surface area (Å²) in [5.41, 5.74) is 10.7. The van der Waals surface area contributed by atoms with Crippen molar-refractivity contribution < 1.29 is 9.50 Å². The highest BCUT2D eigenvalue weighted by atomic mass is 19.1. The Morgan fingerprint density at radius 1 is 1.10 bits per heavy atom. The molecule has 4 nitrogen and oxygen atoms in total. The van der Waals surface area contributed by atoms with Gasteiger partial charge in [-0.3, -0.25) is 0 Å². The number of aliphatic hydroxyl groups excluding tert-OH is 1. The second kappa shape index (κ2) is 5.32. The molecule has 0 spiro atoms. The van der Waals surface area contributed by atoms with Crippen molar-refractivity contribution >= 4 is 0 Å². The molecule has 114 valence electrons. The van der Waals surface area contributed by atoms with Gasteiger partial charge in [0.1, 0.15) is 5.82 Å². The van der Waals surface area contributed by atoms with E-state index in [4.69, 9.17) is 0 Å². The summed E-state index contributed by atoms with van der Waals surface area (Å²) >= 11 is 0. The first-order valence-electron chi connectivity index (χ1n) is 7.91. The van der Waals surface area contributed by atoms with Crippen molar-refractivity contribution in [2.24, 2.45) is 17.8 Å². The monoisotopic (exact) mass is 291 g/mol. The summed E-state index contributed by atoms with van der Waals surface area (Å²) in [6.45, 7) is 0. The van der Waals surface area contributed by atoms with Crippen LogP contribution in [0.1, 0.15) is 24.8 Å². The number of hydrazine groups is 2. The average Bonchev–Trinajstić information content (AvgIpc) is 3.07. The molecule has 1 saturated heterocycles. The summed E-state index contributed by atoms with van der Waals surface area (Å²) in [6, 6.07) is 7.57. The Kier molecular flexibility index (Phi) is 3.46. The molecule has 1 aromatic carbocycles. The van der Waals surface area contributed by atoms with E-state index in [0.29, 0.717) is 23.9 Å². The molecule has 3 aliphatic rings. The van der Waals surface area contributed by atoms with E-state index in [1.54, 1.807) is 0 Å². The highest BCUT2D eigenvalue weighted by Gasteiger charge is 2.51. The van der Waals surface area contributed by atoms with Gasteiger partial charge in [0.2, 0.25) is 0 Å². The van der Waals surface area contributed by atoms with Gasteiger partial charge in [-0.2, -0.15) is 5.53 Å². The van der Waals surface area contributed by atoms with Crippen LogP contribution in [-0.2, 0) is 6.42 Å². The van der Waals surface area contributed by atoms with E-state index in [1.807, 2.05) is 12.1 Å². The molecule has 0 bridgehead atoms. The van der Waals surface area contributed by atoms with Gasteiger partial charge in [-0.05, 0) is 61.1 Å². The minimum absolute atomic E-state index is 0.200. The highest BCUT2D eigenvalue weighted by molar-refractivity contribution is 5.18. The first kappa shape index (κ1) is 13.6. The summed E-state index contributed by atoms with van der Waals surface area (Å²) in [7, 11) is 0. The Hall–Kier alpha value is -1.01. The van der Waals surface area contributed by atoms with Crippen LogP contribution in [0.15, 0.2) is 24.3 Å². The van der Waals surface area contributed by atoms with Crippen LogP contribution in [0.3, 0.4) is 0 Å². The lowest BCUT2D eigenvalue weighted by Crippen LogP contribution is -2.47. The second-order valence-electron chi connectivity index (χ2n) is 6.77. The van der Waals surface area contributed by atoms with Crippen molar-refractivity contribution in [1.29, 1.82) is 0 Å². The number of hydrogen-bond acceptors (Lipinski definition) is 4. The second-order valence-corrected chi connectivity index (χ2v) is 6.77. The largest absolute Gasteiger partial charge is 0.393 e. The Morgan fingerprint density at radius 3 is 2.71 bits per heavy atom. The van der Waals surface area contributed by atoms with Gasteiger partial charge in [-0.25, -0.2) is 15.2 Å². The number of fused-ring (bicyclic) bond motifs is 3. The van der Waals surface area contributed by atoms with Crippen LogP contribution >= 0.6 is 0 Å². The van der Waals surface area contributed by atoms with Crippen LogP contribution in [0.5, 0.6) is 0 Å². The molecule has 4 rings (SSSR count). The van der Waals surface area contributed by atoms with Gasteiger partial charge in [0.05, 0.1) is 6.10 Å². The SMILES string of the molecule is OC1C(Cc2ccc(F)cc2)CC2C1CCC1NNNC12. The molecule has 5 heteroatoms. The maximum Gasteiger partial charge on any atom is 0.123 e. The summed E-state index contributed by atoms with van der Waals surface area (Å²) < 4.78 is 13.0. The van der Waals surface area contributed by atoms with Gasteiger partial charge in [-0.15, -0.1) is 0 Å². The van der Waals surface area contributed by atoms with Crippen molar-refractivity contribution in [3.8, 4) is 0 Å². The first-order chi connectivity index (χ1) is 10.2. The minimum atomic E-state index is -0.233. The molecular weight excluding hydrogens is 269 g/mol. The van der Waals surface area contributed by atoms with E-state index < -0.39 is 0 Å². The van der Waals surface area contributed by atoms with Gasteiger partial charge in [-0.1, -0.05) is 12.1 Å². The molecule has 1 aliphatic heterocycles. The first-order valence-corrected chi connectivity index (χ1v) is 7.91. The summed E-state index contributed by atoms with van der Waals surface area (Å²) in [6.07, 6.45) is 3.84. The molecule has 6 unspecified atom stereocenters. The van der Waals surface area contributed by atoms with E-state index in [2.05, 4.69) is 16.4 Å². The molecule has 4 N–H and O–H groups in total. The zero-order valence-corrected chi connectivity index (χ0v) is 11.9. The number of rotatable bonds is 2. The molecule has 21 heavy (non-hydrogen) atoms. The fourth-order valence-corrected chi connectivity index (χ4v) is 4.63. The minimum Gasteiger partial charge on any atom is -0.393 e. The number of aliphatic hydroxyl groups is 1. The van der Waals surface area contributed by atoms with Crippen LogP contribution in [0.2, 0.25) is 0 Å². The average molecular weight is 291 g/mol. The Balaban J connectivity index is 1.49. The molecule has 2 saturated carbocycles. The zero-order chi connectivity index (χ0) is 14.4. The molecule has 6 atom stereocenters. The normalized spacial score (nSPS) is 41.8. The summed E-state index contributed by atoms with van der Waals surface area (Å²) in [4.78, 5) is 0. The van der Waals surface area contributed by atoms with Gasteiger partial charge in [0, 0.05) is 12.1 Å². The number of nitrogens with one attached hydrogen (secondary N) is 3. The topological polar surface area (TPSA) is 56.3 Å². The number of benzene rings is 1. The van der Waals surface area contributed by atoms with Crippen LogP contribution in [-0.4, -0.2) is 23.3 Å². The van der Waals surface area contributed by atoms with Gasteiger partial charge < -0.3 is 5.11 Å². The van der Waals surface area contributed by atoms with E-state index in [-0.39, 0.29) is 17.8 Å². The van der Waals surface area contributed by atoms with Crippen LogP contribution in [0.4, 0.5) is 4.39 Å². The molecule has 2 aliphatic carbocycles. The van der Waals surface area contributed by atoms with Crippen LogP contribution < -0.4 is 16.4 Å². The standard InChI is InChI=1S/C16H22FN3O/c17-11-3-1-9(2-4-11)7-10-8-13-12(16(10)21)5-6-14-15(13)19-20-18-14/h1-4,10,12-16,18-21H,5-8H2. The summed E-state index contributed by atoms with van der Waals surface area (Å²) in [5, 5.41) is 10.7. The quantitative estimate of drug-likeness (QED) is 0.660. The third-order valence-corrected chi connectivity index (χ3v) is 5.66.